The largest absolute Gasteiger partial charge is 0.349 e. The Bertz CT molecular complexity index is 431. The van der Waals surface area contributed by atoms with Crippen LogP contribution in [0.4, 0.5) is 0 Å². The van der Waals surface area contributed by atoms with Crippen LogP contribution in [0.3, 0.4) is 0 Å². The van der Waals surface area contributed by atoms with Crippen molar-refractivity contribution >= 4 is 34.5 Å². The van der Waals surface area contributed by atoms with Crippen molar-refractivity contribution in [2.24, 2.45) is 5.92 Å². The molecule has 0 radical (unpaired) electrons. The molecule has 2 nitrogen and oxygen atoms in total. The summed E-state index contributed by atoms with van der Waals surface area (Å²) in [6.45, 7) is 2.08. The topological polar surface area (TPSA) is 29.1 Å². The van der Waals surface area contributed by atoms with Gasteiger partial charge in [0.15, 0.2) is 0 Å². The highest BCUT2D eigenvalue weighted by molar-refractivity contribution is 9.10. The minimum Gasteiger partial charge on any atom is -0.349 e. The minimum absolute atomic E-state index is 0.0211. The van der Waals surface area contributed by atoms with Crippen LogP contribution in [-0.4, -0.2) is 11.9 Å². The molecule has 1 atom stereocenters. The number of hydrogen-bond donors (Lipinski definition) is 2. The van der Waals surface area contributed by atoms with Gasteiger partial charge in [0.25, 0.3) is 5.91 Å². The van der Waals surface area contributed by atoms with E-state index in [0.717, 1.165) is 9.37 Å². The maximum Gasteiger partial charge on any atom is 0.252 e. The molecule has 0 bridgehead atoms. The fourth-order valence-corrected chi connectivity index (χ4v) is 2.66. The Morgan fingerprint density at radius 1 is 1.53 bits per heavy atom. The van der Waals surface area contributed by atoms with Crippen molar-refractivity contribution < 1.29 is 4.79 Å². The van der Waals surface area contributed by atoms with Crippen LogP contribution in [0.25, 0.3) is 0 Å². The number of carbonyl (C=O) groups excluding carboxylic acids is 1. The van der Waals surface area contributed by atoms with Gasteiger partial charge in [-0.1, -0.05) is 6.42 Å². The van der Waals surface area contributed by atoms with E-state index >= 15 is 0 Å². The van der Waals surface area contributed by atoms with E-state index < -0.39 is 0 Å². The fourth-order valence-electron chi connectivity index (χ4n) is 2.03. The molecule has 1 aliphatic rings. The van der Waals surface area contributed by atoms with Gasteiger partial charge in [-0.2, -0.15) is 0 Å². The maximum atomic E-state index is 12.1. The summed E-state index contributed by atoms with van der Waals surface area (Å²) in [5.74, 6) is 0.629. The van der Waals surface area contributed by atoms with Gasteiger partial charge in [-0.05, 0) is 59.8 Å². The summed E-state index contributed by atoms with van der Waals surface area (Å²) < 4.78 is 0.814. The Balaban J connectivity index is 2.05. The van der Waals surface area contributed by atoms with Gasteiger partial charge in [0.05, 0.1) is 5.56 Å². The minimum atomic E-state index is -0.0211. The molecule has 1 fully saturated rings. The molecule has 1 aromatic rings. The van der Waals surface area contributed by atoms with Crippen LogP contribution >= 0.6 is 28.6 Å². The third-order valence-electron chi connectivity index (χ3n) is 3.41. The predicted octanol–water partition coefficient (Wildman–Crippen LogP) is 3.66. The summed E-state index contributed by atoms with van der Waals surface area (Å²) in [6.07, 6.45) is 3.76. The van der Waals surface area contributed by atoms with Crippen LogP contribution < -0.4 is 5.32 Å². The molecule has 17 heavy (non-hydrogen) atoms. The molecule has 1 unspecified atom stereocenters. The highest BCUT2D eigenvalue weighted by Crippen LogP contribution is 2.29. The molecule has 1 aromatic carbocycles. The van der Waals surface area contributed by atoms with Crippen molar-refractivity contribution in [3.05, 3.63) is 28.2 Å². The van der Waals surface area contributed by atoms with Gasteiger partial charge in [-0.15, -0.1) is 12.6 Å². The van der Waals surface area contributed by atoms with Crippen LogP contribution in [0, 0.1) is 5.92 Å². The van der Waals surface area contributed by atoms with E-state index in [1.807, 2.05) is 12.1 Å². The number of thiol groups is 1. The first kappa shape index (κ1) is 13.0. The lowest BCUT2D eigenvalue weighted by Gasteiger charge is -2.32. The van der Waals surface area contributed by atoms with Crippen LogP contribution in [0.2, 0.25) is 0 Å². The van der Waals surface area contributed by atoms with E-state index in [2.05, 4.69) is 40.8 Å². The van der Waals surface area contributed by atoms with Crippen molar-refractivity contribution in [3.8, 4) is 0 Å². The Morgan fingerprint density at radius 2 is 2.24 bits per heavy atom. The first-order valence-corrected chi connectivity index (χ1v) is 7.11. The van der Waals surface area contributed by atoms with Gasteiger partial charge in [0.2, 0.25) is 0 Å². The molecule has 1 amide bonds. The van der Waals surface area contributed by atoms with E-state index in [4.69, 9.17) is 0 Å². The number of nitrogens with one attached hydrogen (secondary N) is 1. The van der Waals surface area contributed by atoms with Gasteiger partial charge in [-0.25, -0.2) is 0 Å². The molecule has 0 aromatic heterocycles. The third-order valence-corrected chi connectivity index (χ3v) is 4.38. The molecule has 0 heterocycles. The first-order valence-electron chi connectivity index (χ1n) is 5.87. The Kier molecular flexibility index (Phi) is 4.15. The summed E-state index contributed by atoms with van der Waals surface area (Å²) in [4.78, 5) is 12.9. The van der Waals surface area contributed by atoms with E-state index in [1.54, 1.807) is 6.07 Å². The maximum absolute atomic E-state index is 12.1. The van der Waals surface area contributed by atoms with Crippen LogP contribution in [0.1, 0.15) is 36.5 Å². The van der Waals surface area contributed by atoms with E-state index in [-0.39, 0.29) is 11.9 Å². The molecule has 0 spiro atoms. The number of rotatable bonds is 3. The average Bonchev–Trinajstić information content (AvgIpc) is 2.18. The zero-order valence-electron chi connectivity index (χ0n) is 9.74. The smallest absolute Gasteiger partial charge is 0.252 e. The second-order valence-corrected chi connectivity index (χ2v) is 5.99. The summed E-state index contributed by atoms with van der Waals surface area (Å²) in [5.41, 5.74) is 0.656. The summed E-state index contributed by atoms with van der Waals surface area (Å²) in [5, 5.41) is 3.06. The van der Waals surface area contributed by atoms with Crippen molar-refractivity contribution in [1.82, 2.24) is 5.32 Å². The highest BCUT2D eigenvalue weighted by atomic mass is 79.9. The van der Waals surface area contributed by atoms with Gasteiger partial charge in [-0.3, -0.25) is 4.79 Å². The molecule has 4 heteroatoms. The molecular formula is C13H16BrNOS. The molecule has 92 valence electrons. The number of carbonyl (C=O) groups is 1. The second-order valence-electron chi connectivity index (χ2n) is 4.62. The fraction of sp³-hybridized carbons (Fsp3) is 0.462. The molecule has 2 rings (SSSR count). The lowest BCUT2D eigenvalue weighted by atomic mass is 9.80. The molecule has 0 aliphatic heterocycles. The van der Waals surface area contributed by atoms with E-state index in [1.165, 1.54) is 19.3 Å². The summed E-state index contributed by atoms with van der Waals surface area (Å²) in [6, 6.07) is 5.76. The zero-order valence-corrected chi connectivity index (χ0v) is 12.2. The van der Waals surface area contributed by atoms with Crippen LogP contribution in [0.15, 0.2) is 27.6 Å². The van der Waals surface area contributed by atoms with Crippen LogP contribution in [-0.2, 0) is 0 Å². The van der Waals surface area contributed by atoms with Gasteiger partial charge in [0, 0.05) is 15.4 Å². The molecule has 1 N–H and O–H groups in total. The lowest BCUT2D eigenvalue weighted by molar-refractivity contribution is 0.0908. The third kappa shape index (κ3) is 3.05. The zero-order chi connectivity index (χ0) is 12.4. The van der Waals surface area contributed by atoms with Crippen molar-refractivity contribution in [1.29, 1.82) is 0 Å². The number of hydrogen-bond acceptors (Lipinski definition) is 2. The number of amides is 1. The Labute approximate surface area is 116 Å². The predicted molar refractivity (Wildman–Crippen MR) is 75.7 cm³/mol. The molecular weight excluding hydrogens is 298 g/mol. The average molecular weight is 314 g/mol. The first-order chi connectivity index (χ1) is 8.08. The SMILES string of the molecule is CC(NC(=O)c1cc(S)ccc1Br)C1CCC1. The summed E-state index contributed by atoms with van der Waals surface area (Å²) in [7, 11) is 0. The monoisotopic (exact) mass is 313 g/mol. The normalized spacial score (nSPS) is 17.4. The standard InChI is InChI=1S/C13H16BrNOS/c1-8(9-3-2-4-9)15-13(16)11-7-10(17)5-6-12(11)14/h5-9,17H,2-4H2,1H3,(H,15,16). The van der Waals surface area contributed by atoms with Crippen molar-refractivity contribution in [2.45, 2.75) is 37.1 Å². The van der Waals surface area contributed by atoms with E-state index in [0.29, 0.717) is 11.5 Å². The molecule has 1 saturated carbocycles. The quantitative estimate of drug-likeness (QED) is 0.819. The Hall–Kier alpha value is -0.480. The number of benzene rings is 1. The lowest BCUT2D eigenvalue weighted by Crippen LogP contribution is -2.40. The van der Waals surface area contributed by atoms with Crippen molar-refractivity contribution in [3.63, 3.8) is 0 Å². The number of halogens is 1. The molecule has 1 aliphatic carbocycles. The van der Waals surface area contributed by atoms with Gasteiger partial charge in [0.1, 0.15) is 0 Å². The second kappa shape index (κ2) is 5.44. The van der Waals surface area contributed by atoms with Gasteiger partial charge >= 0.3 is 0 Å². The van der Waals surface area contributed by atoms with Gasteiger partial charge < -0.3 is 5.32 Å². The highest BCUT2D eigenvalue weighted by Gasteiger charge is 2.25. The summed E-state index contributed by atoms with van der Waals surface area (Å²) >= 11 is 7.65. The van der Waals surface area contributed by atoms with Crippen molar-refractivity contribution in [2.75, 3.05) is 0 Å². The Morgan fingerprint density at radius 3 is 2.82 bits per heavy atom. The van der Waals surface area contributed by atoms with Crippen LogP contribution in [0.5, 0.6) is 0 Å². The van der Waals surface area contributed by atoms with E-state index in [9.17, 15) is 4.79 Å². The molecule has 0 saturated heterocycles.